The summed E-state index contributed by atoms with van der Waals surface area (Å²) in [6, 6.07) is 5.98. The number of halogens is 1. The van der Waals surface area contributed by atoms with E-state index in [1.165, 1.54) is 19.2 Å². The number of rotatable bonds is 4. The number of methoxy groups -OCH3 is 1. The standard InChI is InChI=1S/C12H13ClN4O3S/c1-7-8(14)4-3-5-9(7)21(18,19)17-12-15-10(13)6-11(16-12)20-2/h3-6H,14H2,1-2H3,(H,15,16,17). The molecule has 112 valence electrons. The lowest BCUT2D eigenvalue weighted by Crippen LogP contribution is -2.17. The van der Waals surface area contributed by atoms with E-state index in [9.17, 15) is 8.42 Å². The molecule has 1 heterocycles. The van der Waals surface area contributed by atoms with E-state index >= 15 is 0 Å². The minimum Gasteiger partial charge on any atom is -0.481 e. The largest absolute Gasteiger partial charge is 0.481 e. The van der Waals surface area contributed by atoms with E-state index in [4.69, 9.17) is 22.1 Å². The Balaban J connectivity index is 2.42. The second-order valence-corrected chi connectivity index (χ2v) is 6.17. The lowest BCUT2D eigenvalue weighted by atomic mass is 10.2. The second-order valence-electron chi connectivity index (χ2n) is 4.13. The van der Waals surface area contributed by atoms with E-state index in [1.807, 2.05) is 0 Å². The van der Waals surface area contributed by atoms with Crippen LogP contribution in [0.5, 0.6) is 5.88 Å². The third kappa shape index (κ3) is 3.34. The van der Waals surface area contributed by atoms with Crippen LogP contribution in [0.3, 0.4) is 0 Å². The fourth-order valence-electron chi connectivity index (χ4n) is 1.64. The minimum atomic E-state index is -3.88. The summed E-state index contributed by atoms with van der Waals surface area (Å²) in [6.07, 6.45) is 0. The molecule has 1 aromatic carbocycles. The van der Waals surface area contributed by atoms with Gasteiger partial charge >= 0.3 is 0 Å². The number of nitrogens with two attached hydrogens (primary N) is 1. The van der Waals surface area contributed by atoms with E-state index in [0.29, 0.717) is 11.3 Å². The highest BCUT2D eigenvalue weighted by molar-refractivity contribution is 7.92. The number of anilines is 2. The van der Waals surface area contributed by atoms with Gasteiger partial charge in [0.2, 0.25) is 11.8 Å². The van der Waals surface area contributed by atoms with Gasteiger partial charge in [-0.1, -0.05) is 17.7 Å². The number of nitrogens with zero attached hydrogens (tertiary/aromatic N) is 2. The van der Waals surface area contributed by atoms with Crippen LogP contribution < -0.4 is 15.2 Å². The maximum atomic E-state index is 12.4. The Kier molecular flexibility index (Phi) is 4.19. The number of sulfonamides is 1. The highest BCUT2D eigenvalue weighted by atomic mass is 35.5. The molecule has 0 saturated heterocycles. The molecule has 0 saturated carbocycles. The van der Waals surface area contributed by atoms with Gasteiger partial charge in [0.1, 0.15) is 5.15 Å². The van der Waals surface area contributed by atoms with E-state index < -0.39 is 10.0 Å². The van der Waals surface area contributed by atoms with Crippen LogP contribution in [0.2, 0.25) is 5.15 Å². The van der Waals surface area contributed by atoms with Gasteiger partial charge in [-0.05, 0) is 24.6 Å². The zero-order valence-corrected chi connectivity index (χ0v) is 12.9. The Labute approximate surface area is 127 Å². The predicted molar refractivity (Wildman–Crippen MR) is 80.0 cm³/mol. The lowest BCUT2D eigenvalue weighted by Gasteiger charge is -2.11. The van der Waals surface area contributed by atoms with Crippen LogP contribution in [0.25, 0.3) is 0 Å². The van der Waals surface area contributed by atoms with Crippen molar-refractivity contribution in [1.29, 1.82) is 0 Å². The van der Waals surface area contributed by atoms with E-state index in [0.717, 1.165) is 0 Å². The van der Waals surface area contributed by atoms with Crippen LogP contribution in [0.15, 0.2) is 29.2 Å². The van der Waals surface area contributed by atoms with Crippen molar-refractivity contribution >= 4 is 33.3 Å². The number of nitrogen functional groups attached to an aromatic ring is 1. The van der Waals surface area contributed by atoms with Crippen LogP contribution in [0.1, 0.15) is 5.56 Å². The molecule has 0 aliphatic carbocycles. The van der Waals surface area contributed by atoms with Crippen LogP contribution >= 0.6 is 11.6 Å². The number of aromatic nitrogens is 2. The zero-order chi connectivity index (χ0) is 15.6. The molecule has 7 nitrogen and oxygen atoms in total. The first kappa shape index (κ1) is 15.3. The van der Waals surface area contributed by atoms with E-state index in [2.05, 4.69) is 14.7 Å². The maximum Gasteiger partial charge on any atom is 0.264 e. The van der Waals surface area contributed by atoms with Crippen LogP contribution in [0, 0.1) is 6.92 Å². The summed E-state index contributed by atoms with van der Waals surface area (Å²) in [5.41, 5.74) is 6.54. The monoisotopic (exact) mass is 328 g/mol. The van der Waals surface area contributed by atoms with Crippen molar-refractivity contribution in [1.82, 2.24) is 9.97 Å². The predicted octanol–water partition coefficient (Wildman–Crippen LogP) is 1.83. The molecule has 0 bridgehead atoms. The van der Waals surface area contributed by atoms with Gasteiger partial charge in [-0.2, -0.15) is 4.98 Å². The Morgan fingerprint density at radius 1 is 1.33 bits per heavy atom. The normalized spacial score (nSPS) is 11.2. The third-order valence-corrected chi connectivity index (χ3v) is 4.39. The van der Waals surface area contributed by atoms with Crippen LogP contribution in [-0.2, 0) is 10.0 Å². The number of hydrogen-bond acceptors (Lipinski definition) is 6. The highest BCUT2D eigenvalue weighted by Gasteiger charge is 2.20. The molecule has 0 fully saturated rings. The molecule has 0 atom stereocenters. The van der Waals surface area contributed by atoms with Gasteiger partial charge in [-0.25, -0.2) is 18.1 Å². The fraction of sp³-hybridized carbons (Fsp3) is 0.167. The first-order valence-electron chi connectivity index (χ1n) is 5.80. The van der Waals surface area contributed by atoms with Gasteiger partial charge in [-0.3, -0.25) is 0 Å². The van der Waals surface area contributed by atoms with Crippen molar-refractivity contribution in [2.45, 2.75) is 11.8 Å². The Morgan fingerprint density at radius 3 is 2.71 bits per heavy atom. The smallest absolute Gasteiger partial charge is 0.264 e. The molecule has 0 aliphatic rings. The summed E-state index contributed by atoms with van der Waals surface area (Å²) in [5.74, 6) is -0.0295. The van der Waals surface area contributed by atoms with Crippen molar-refractivity contribution in [3.05, 3.63) is 35.0 Å². The summed E-state index contributed by atoms with van der Waals surface area (Å²) < 4.78 is 31.9. The Morgan fingerprint density at radius 2 is 2.05 bits per heavy atom. The average Bonchev–Trinajstić information content (AvgIpc) is 2.40. The minimum absolute atomic E-state index is 0.0463. The Hall–Kier alpha value is -2.06. The maximum absolute atomic E-state index is 12.4. The SMILES string of the molecule is COc1cc(Cl)nc(NS(=O)(=O)c2cccc(N)c2C)n1. The number of hydrogen-bond donors (Lipinski definition) is 2. The molecule has 0 radical (unpaired) electrons. The summed E-state index contributed by atoms with van der Waals surface area (Å²) in [6.45, 7) is 1.61. The molecule has 2 rings (SSSR count). The van der Waals surface area contributed by atoms with Gasteiger partial charge < -0.3 is 10.5 Å². The second kappa shape index (κ2) is 5.74. The van der Waals surface area contributed by atoms with Crippen LogP contribution in [0.4, 0.5) is 11.6 Å². The molecule has 0 aliphatic heterocycles. The van der Waals surface area contributed by atoms with Gasteiger partial charge in [0.25, 0.3) is 10.0 Å². The summed E-state index contributed by atoms with van der Waals surface area (Å²) in [7, 11) is -2.49. The molecule has 21 heavy (non-hydrogen) atoms. The molecule has 9 heteroatoms. The fourth-order valence-corrected chi connectivity index (χ4v) is 3.04. The van der Waals surface area contributed by atoms with Crippen molar-refractivity contribution in [3.63, 3.8) is 0 Å². The molecular weight excluding hydrogens is 316 g/mol. The topological polar surface area (TPSA) is 107 Å². The first-order chi connectivity index (χ1) is 9.83. The van der Waals surface area contributed by atoms with Crippen molar-refractivity contribution in [3.8, 4) is 5.88 Å². The molecule has 3 N–H and O–H groups in total. The molecule has 0 amide bonds. The van der Waals surface area contributed by atoms with Gasteiger partial charge in [-0.15, -0.1) is 0 Å². The zero-order valence-electron chi connectivity index (χ0n) is 11.3. The van der Waals surface area contributed by atoms with Gasteiger partial charge in [0.15, 0.2) is 0 Å². The molecule has 2 aromatic rings. The summed E-state index contributed by atoms with van der Waals surface area (Å²) in [4.78, 5) is 7.72. The summed E-state index contributed by atoms with van der Waals surface area (Å²) >= 11 is 5.77. The molecule has 1 aromatic heterocycles. The van der Waals surface area contributed by atoms with Crippen molar-refractivity contribution < 1.29 is 13.2 Å². The van der Waals surface area contributed by atoms with Crippen molar-refractivity contribution in [2.24, 2.45) is 0 Å². The number of benzene rings is 1. The number of ether oxygens (including phenoxy) is 1. The lowest BCUT2D eigenvalue weighted by molar-refractivity contribution is 0.397. The summed E-state index contributed by atoms with van der Waals surface area (Å²) in [5, 5.41) is 0.0591. The molecule has 0 unspecified atom stereocenters. The average molecular weight is 329 g/mol. The quantitative estimate of drug-likeness (QED) is 0.655. The third-order valence-electron chi connectivity index (χ3n) is 2.72. The Bertz CT molecular complexity index is 780. The van der Waals surface area contributed by atoms with E-state index in [1.54, 1.807) is 19.1 Å². The van der Waals surface area contributed by atoms with E-state index in [-0.39, 0.29) is 21.9 Å². The van der Waals surface area contributed by atoms with Gasteiger partial charge in [0.05, 0.1) is 12.0 Å². The first-order valence-corrected chi connectivity index (χ1v) is 7.66. The van der Waals surface area contributed by atoms with Crippen LogP contribution in [-0.4, -0.2) is 25.5 Å². The molecule has 0 spiro atoms. The highest BCUT2D eigenvalue weighted by Crippen LogP contribution is 2.23. The van der Waals surface area contributed by atoms with Crippen molar-refractivity contribution in [2.75, 3.05) is 17.6 Å². The number of nitrogens with one attached hydrogen (secondary N) is 1. The molecular formula is C12H13ClN4O3S. The van der Waals surface area contributed by atoms with Gasteiger partial charge in [0, 0.05) is 11.8 Å².